The number of alkyl halides is 3. The molecule has 1 atom stereocenters. The van der Waals surface area contributed by atoms with E-state index in [1.54, 1.807) is 74.5 Å². The van der Waals surface area contributed by atoms with Crippen LogP contribution in [0.15, 0.2) is 106 Å². The number of hydrogen-bond donors (Lipinski definition) is 1. The van der Waals surface area contributed by atoms with Gasteiger partial charge >= 0.3 is 6.18 Å². The molecule has 0 fully saturated rings. The van der Waals surface area contributed by atoms with Crippen LogP contribution in [-0.4, -0.2) is 44.3 Å². The van der Waals surface area contributed by atoms with Crippen LogP contribution in [-0.2, 0) is 38.8 Å². The average Bonchev–Trinajstić information content (AvgIpc) is 3.03. The zero-order valence-corrected chi connectivity index (χ0v) is 28.6. The summed E-state index contributed by atoms with van der Waals surface area (Å²) in [5.74, 6) is -1.28. The summed E-state index contributed by atoms with van der Waals surface area (Å²) in [5, 5.41) is 2.13. The van der Waals surface area contributed by atoms with E-state index in [4.69, 9.17) is 11.6 Å². The van der Waals surface area contributed by atoms with Crippen LogP contribution in [0, 0.1) is 6.92 Å². The number of nitrogens with one attached hydrogen (secondary N) is 1. The summed E-state index contributed by atoms with van der Waals surface area (Å²) in [4.78, 5) is 29.0. The number of aryl methyl sites for hydroxylation is 1. The number of benzene rings is 4. The first kappa shape index (κ1) is 36.0. The smallest absolute Gasteiger partial charge is 0.355 e. The van der Waals surface area contributed by atoms with Crippen LogP contribution >= 0.6 is 27.5 Å². The fourth-order valence-electron chi connectivity index (χ4n) is 4.88. The summed E-state index contributed by atoms with van der Waals surface area (Å²) in [6.45, 7) is 2.75. The standard InChI is InChI=1S/C34H32BrClF3N3O4S/c1-3-40-33(44)31(19-24-7-5-4-6-8-24)41(21-25-11-13-26(35)14-12-25)32(43)22-42(47(45,46)28-16-9-23(2)10-17-28)27-15-18-30(36)29(20-27)34(37,38)39/h4-18,20,31H,3,19,21-22H2,1-2H3,(H,40,44). The maximum absolute atomic E-state index is 14.4. The van der Waals surface area contributed by atoms with Crippen molar-refractivity contribution in [2.75, 3.05) is 17.4 Å². The molecule has 0 radical (unpaired) electrons. The van der Waals surface area contributed by atoms with E-state index in [2.05, 4.69) is 21.2 Å². The quantitative estimate of drug-likeness (QED) is 0.164. The van der Waals surface area contributed by atoms with Crippen molar-refractivity contribution in [2.45, 2.75) is 43.9 Å². The van der Waals surface area contributed by atoms with E-state index in [0.717, 1.165) is 27.7 Å². The number of carbonyl (C=O) groups is 2. The predicted octanol–water partition coefficient (Wildman–Crippen LogP) is 7.40. The lowest BCUT2D eigenvalue weighted by molar-refractivity contribution is -0.140. The third kappa shape index (κ3) is 9.15. The Morgan fingerprint density at radius 3 is 2.15 bits per heavy atom. The normalized spacial score (nSPS) is 12.3. The molecule has 0 heterocycles. The molecule has 0 saturated heterocycles. The van der Waals surface area contributed by atoms with E-state index in [1.165, 1.54) is 17.0 Å². The summed E-state index contributed by atoms with van der Waals surface area (Å²) in [5.41, 5.74) is 0.460. The number of amides is 2. The summed E-state index contributed by atoms with van der Waals surface area (Å²) < 4.78 is 71.3. The van der Waals surface area contributed by atoms with Crippen LogP contribution in [0.2, 0.25) is 5.02 Å². The molecule has 4 aromatic carbocycles. The Hall–Kier alpha value is -3.87. The molecular formula is C34H32BrClF3N3O4S. The van der Waals surface area contributed by atoms with Crippen molar-refractivity contribution in [2.24, 2.45) is 0 Å². The molecule has 0 aliphatic heterocycles. The lowest BCUT2D eigenvalue weighted by Gasteiger charge is -2.34. The molecular weight excluding hydrogens is 719 g/mol. The van der Waals surface area contributed by atoms with E-state index < -0.39 is 56.9 Å². The van der Waals surface area contributed by atoms with Gasteiger partial charge in [-0.2, -0.15) is 13.2 Å². The molecule has 0 spiro atoms. The van der Waals surface area contributed by atoms with Gasteiger partial charge in [-0.1, -0.05) is 87.7 Å². The Morgan fingerprint density at radius 1 is 0.915 bits per heavy atom. The first-order valence-electron chi connectivity index (χ1n) is 14.5. The van der Waals surface area contributed by atoms with Crippen molar-refractivity contribution in [3.8, 4) is 0 Å². The second kappa shape index (κ2) is 15.4. The zero-order valence-electron chi connectivity index (χ0n) is 25.5. The Balaban J connectivity index is 1.85. The molecule has 0 bridgehead atoms. The van der Waals surface area contributed by atoms with Crippen LogP contribution in [0.25, 0.3) is 0 Å². The number of carbonyl (C=O) groups excluding carboxylic acids is 2. The van der Waals surface area contributed by atoms with Gasteiger partial charge in [-0.05, 0) is 67.4 Å². The van der Waals surface area contributed by atoms with Crippen molar-refractivity contribution < 1.29 is 31.2 Å². The molecule has 248 valence electrons. The largest absolute Gasteiger partial charge is 0.417 e. The Bertz CT molecular complexity index is 1810. The fourth-order valence-corrected chi connectivity index (χ4v) is 6.78. The minimum absolute atomic E-state index is 0.0897. The fraction of sp³-hybridized carbons (Fsp3) is 0.235. The van der Waals surface area contributed by atoms with E-state index in [1.807, 2.05) is 6.07 Å². The van der Waals surface area contributed by atoms with Gasteiger partial charge in [0.25, 0.3) is 10.0 Å². The number of sulfonamides is 1. The highest BCUT2D eigenvalue weighted by molar-refractivity contribution is 9.10. The molecule has 2 amide bonds. The van der Waals surface area contributed by atoms with E-state index in [-0.39, 0.29) is 24.4 Å². The number of nitrogens with zero attached hydrogens (tertiary/aromatic N) is 2. The van der Waals surface area contributed by atoms with Crippen LogP contribution in [0.3, 0.4) is 0 Å². The highest BCUT2D eigenvalue weighted by Gasteiger charge is 2.37. The van der Waals surface area contributed by atoms with Crippen molar-refractivity contribution in [3.05, 3.63) is 129 Å². The van der Waals surface area contributed by atoms with Crippen LogP contribution in [0.4, 0.5) is 18.9 Å². The third-order valence-electron chi connectivity index (χ3n) is 7.32. The van der Waals surface area contributed by atoms with Gasteiger partial charge in [-0.3, -0.25) is 13.9 Å². The number of anilines is 1. The second-order valence-electron chi connectivity index (χ2n) is 10.7. The number of hydrogen-bond acceptors (Lipinski definition) is 4. The zero-order chi connectivity index (χ0) is 34.4. The van der Waals surface area contributed by atoms with E-state index in [0.29, 0.717) is 15.9 Å². The Labute approximate surface area is 285 Å². The SMILES string of the molecule is CCNC(=O)C(Cc1ccccc1)N(Cc1ccc(Br)cc1)C(=O)CN(c1ccc(Cl)c(C(F)(F)F)c1)S(=O)(=O)c1ccc(C)cc1. The molecule has 1 N–H and O–H groups in total. The lowest BCUT2D eigenvalue weighted by atomic mass is 10.0. The summed E-state index contributed by atoms with van der Waals surface area (Å²) in [6, 6.07) is 23.3. The Kier molecular flexibility index (Phi) is 11.8. The van der Waals surface area contributed by atoms with E-state index in [9.17, 15) is 31.2 Å². The van der Waals surface area contributed by atoms with Crippen molar-refractivity contribution in [3.63, 3.8) is 0 Å². The van der Waals surface area contributed by atoms with Gasteiger partial charge in [0.15, 0.2) is 0 Å². The van der Waals surface area contributed by atoms with Gasteiger partial charge in [-0.25, -0.2) is 8.42 Å². The first-order chi connectivity index (χ1) is 22.2. The molecule has 4 aromatic rings. The third-order valence-corrected chi connectivity index (χ3v) is 9.97. The maximum atomic E-state index is 14.4. The highest BCUT2D eigenvalue weighted by Crippen LogP contribution is 2.38. The lowest BCUT2D eigenvalue weighted by Crippen LogP contribution is -2.53. The molecule has 1 unspecified atom stereocenters. The van der Waals surface area contributed by atoms with Crippen molar-refractivity contribution >= 4 is 55.1 Å². The Morgan fingerprint density at radius 2 is 1.55 bits per heavy atom. The highest BCUT2D eigenvalue weighted by atomic mass is 79.9. The van der Waals surface area contributed by atoms with Gasteiger partial charge in [0, 0.05) is 24.0 Å². The molecule has 0 aliphatic rings. The number of likely N-dealkylation sites (N-methyl/N-ethyl adjacent to an activating group) is 1. The van der Waals surface area contributed by atoms with Crippen LogP contribution < -0.4 is 9.62 Å². The first-order valence-corrected chi connectivity index (χ1v) is 17.1. The number of rotatable bonds is 12. The van der Waals surface area contributed by atoms with Gasteiger partial charge in [0.05, 0.1) is 21.2 Å². The minimum Gasteiger partial charge on any atom is -0.355 e. The van der Waals surface area contributed by atoms with Crippen molar-refractivity contribution in [1.29, 1.82) is 0 Å². The molecule has 0 aliphatic carbocycles. The molecule has 0 saturated carbocycles. The average molecular weight is 751 g/mol. The second-order valence-corrected chi connectivity index (χ2v) is 13.9. The molecule has 0 aromatic heterocycles. The number of halogens is 5. The van der Waals surface area contributed by atoms with Gasteiger partial charge in [0.1, 0.15) is 12.6 Å². The topological polar surface area (TPSA) is 86.8 Å². The summed E-state index contributed by atoms with van der Waals surface area (Å²) in [7, 11) is -4.60. The molecule has 4 rings (SSSR count). The van der Waals surface area contributed by atoms with E-state index >= 15 is 0 Å². The van der Waals surface area contributed by atoms with Crippen molar-refractivity contribution in [1.82, 2.24) is 10.2 Å². The molecule has 7 nitrogen and oxygen atoms in total. The summed E-state index contributed by atoms with van der Waals surface area (Å²) >= 11 is 9.25. The summed E-state index contributed by atoms with van der Waals surface area (Å²) in [6.07, 6.45) is -4.80. The van der Waals surface area contributed by atoms with Crippen LogP contribution in [0.1, 0.15) is 29.2 Å². The van der Waals surface area contributed by atoms with Gasteiger partial charge in [0.2, 0.25) is 11.8 Å². The molecule has 13 heteroatoms. The van der Waals surface area contributed by atoms with Gasteiger partial charge in [-0.15, -0.1) is 0 Å². The van der Waals surface area contributed by atoms with Gasteiger partial charge < -0.3 is 10.2 Å². The molecule has 47 heavy (non-hydrogen) atoms. The maximum Gasteiger partial charge on any atom is 0.417 e. The minimum atomic E-state index is -4.90. The van der Waals surface area contributed by atoms with Crippen LogP contribution in [0.5, 0.6) is 0 Å². The predicted molar refractivity (Wildman–Crippen MR) is 179 cm³/mol. The monoisotopic (exact) mass is 749 g/mol.